The Morgan fingerprint density at radius 2 is 2.17 bits per heavy atom. The Morgan fingerprint density at radius 3 is 2.83 bits per heavy atom. The van der Waals surface area contributed by atoms with E-state index < -0.39 is 0 Å². The van der Waals surface area contributed by atoms with Gasteiger partial charge in [-0.15, -0.1) is 0 Å². The molecule has 0 unspecified atom stereocenters. The molecule has 0 aliphatic heterocycles. The number of benzene rings is 1. The maximum Gasteiger partial charge on any atom is 0.253 e. The normalized spacial score (nSPS) is 11.5. The molecule has 5 nitrogen and oxygen atoms in total. The van der Waals surface area contributed by atoms with Crippen LogP contribution in [0.4, 0.5) is 0 Å². The molecule has 0 aliphatic carbocycles. The minimum Gasteiger partial charge on any atom is -0.396 e. The minimum atomic E-state index is -0.101. The van der Waals surface area contributed by atoms with Crippen LogP contribution < -0.4 is 5.32 Å². The number of amides is 1. The van der Waals surface area contributed by atoms with E-state index in [0.29, 0.717) is 12.1 Å². The zero-order valence-corrected chi connectivity index (χ0v) is 14.0. The quantitative estimate of drug-likeness (QED) is 0.772. The fourth-order valence-corrected chi connectivity index (χ4v) is 2.40. The van der Waals surface area contributed by atoms with Crippen LogP contribution in [0.2, 0.25) is 0 Å². The lowest BCUT2D eigenvalue weighted by Crippen LogP contribution is -2.27. The molecule has 23 heavy (non-hydrogen) atoms. The second-order valence-electron chi connectivity index (χ2n) is 6.67. The molecule has 2 rings (SSSR count). The zero-order valence-electron chi connectivity index (χ0n) is 14.0. The molecule has 0 saturated carbocycles. The van der Waals surface area contributed by atoms with Crippen LogP contribution in [0, 0.1) is 12.3 Å². The van der Waals surface area contributed by atoms with Gasteiger partial charge in [0.15, 0.2) is 0 Å². The number of imidazole rings is 1. The lowest BCUT2D eigenvalue weighted by atomic mass is 9.89. The summed E-state index contributed by atoms with van der Waals surface area (Å²) >= 11 is 0. The predicted molar refractivity (Wildman–Crippen MR) is 90.7 cm³/mol. The molecule has 0 radical (unpaired) electrons. The van der Waals surface area contributed by atoms with Crippen LogP contribution >= 0.6 is 0 Å². The molecular weight excluding hydrogens is 290 g/mol. The van der Waals surface area contributed by atoms with Crippen LogP contribution in [-0.4, -0.2) is 33.7 Å². The van der Waals surface area contributed by atoms with Crippen LogP contribution in [0.3, 0.4) is 0 Å². The topological polar surface area (TPSA) is 67.2 Å². The van der Waals surface area contributed by atoms with Gasteiger partial charge >= 0.3 is 0 Å². The summed E-state index contributed by atoms with van der Waals surface area (Å²) in [6.07, 6.45) is 6.91. The van der Waals surface area contributed by atoms with Crippen molar-refractivity contribution in [3.05, 3.63) is 48.0 Å². The fourth-order valence-electron chi connectivity index (χ4n) is 2.40. The standard InChI is InChI=1S/C18H25N3O2/c1-14-5-6-16(21-10-9-19-13-21)15(11-14)17(23)20-8-4-7-18(2,3)12-22/h5-6,9-11,13,22H,4,7-8,12H2,1-3H3,(H,20,23). The average molecular weight is 315 g/mol. The van der Waals surface area contributed by atoms with Gasteiger partial charge in [-0.05, 0) is 37.3 Å². The highest BCUT2D eigenvalue weighted by Crippen LogP contribution is 2.21. The molecule has 0 atom stereocenters. The Balaban J connectivity index is 2.03. The molecule has 124 valence electrons. The van der Waals surface area contributed by atoms with Gasteiger partial charge in [-0.1, -0.05) is 25.5 Å². The van der Waals surface area contributed by atoms with Gasteiger partial charge in [-0.2, -0.15) is 0 Å². The van der Waals surface area contributed by atoms with Crippen molar-refractivity contribution in [3.8, 4) is 5.69 Å². The maximum atomic E-state index is 12.5. The third-order valence-electron chi connectivity index (χ3n) is 3.92. The Kier molecular flexibility index (Phi) is 5.55. The van der Waals surface area contributed by atoms with Crippen molar-refractivity contribution in [2.24, 2.45) is 5.41 Å². The first-order chi connectivity index (χ1) is 10.9. The van der Waals surface area contributed by atoms with E-state index in [4.69, 9.17) is 0 Å². The van der Waals surface area contributed by atoms with Crippen molar-refractivity contribution in [2.75, 3.05) is 13.2 Å². The highest BCUT2D eigenvalue weighted by atomic mass is 16.3. The fraction of sp³-hybridized carbons (Fsp3) is 0.444. The van der Waals surface area contributed by atoms with Crippen molar-refractivity contribution < 1.29 is 9.90 Å². The number of aryl methyl sites for hydroxylation is 1. The summed E-state index contributed by atoms with van der Waals surface area (Å²) in [6, 6.07) is 5.80. The van der Waals surface area contributed by atoms with E-state index in [9.17, 15) is 9.90 Å². The Labute approximate surface area is 137 Å². The van der Waals surface area contributed by atoms with Crippen molar-refractivity contribution in [1.29, 1.82) is 0 Å². The van der Waals surface area contributed by atoms with E-state index in [1.807, 2.05) is 49.7 Å². The van der Waals surface area contributed by atoms with Crippen LogP contribution in [0.5, 0.6) is 0 Å². The summed E-state index contributed by atoms with van der Waals surface area (Å²) in [6.45, 7) is 6.76. The zero-order chi connectivity index (χ0) is 16.9. The Morgan fingerprint density at radius 1 is 1.39 bits per heavy atom. The minimum absolute atomic E-state index is 0.0841. The molecule has 0 fully saturated rings. The highest BCUT2D eigenvalue weighted by molar-refractivity contribution is 5.98. The molecule has 2 N–H and O–H groups in total. The molecule has 0 bridgehead atoms. The van der Waals surface area contributed by atoms with E-state index in [-0.39, 0.29) is 17.9 Å². The van der Waals surface area contributed by atoms with E-state index in [0.717, 1.165) is 24.1 Å². The van der Waals surface area contributed by atoms with Crippen LogP contribution in [0.15, 0.2) is 36.9 Å². The lowest BCUT2D eigenvalue weighted by Gasteiger charge is -2.21. The number of hydrogen-bond acceptors (Lipinski definition) is 3. The summed E-state index contributed by atoms with van der Waals surface area (Å²) in [4.78, 5) is 16.6. The van der Waals surface area contributed by atoms with Gasteiger partial charge in [-0.25, -0.2) is 4.98 Å². The first-order valence-electron chi connectivity index (χ1n) is 7.91. The molecule has 0 aliphatic rings. The van der Waals surface area contributed by atoms with Gasteiger partial charge in [-0.3, -0.25) is 4.79 Å². The smallest absolute Gasteiger partial charge is 0.253 e. The number of carbonyl (C=O) groups excluding carboxylic acids is 1. The number of aromatic nitrogens is 2. The molecule has 1 aromatic heterocycles. The second-order valence-corrected chi connectivity index (χ2v) is 6.67. The second kappa shape index (κ2) is 7.42. The van der Waals surface area contributed by atoms with Gasteiger partial charge in [0.25, 0.3) is 5.91 Å². The third kappa shape index (κ3) is 4.66. The Bertz CT molecular complexity index is 648. The van der Waals surface area contributed by atoms with E-state index in [2.05, 4.69) is 10.3 Å². The lowest BCUT2D eigenvalue weighted by molar-refractivity contribution is 0.0948. The SMILES string of the molecule is Cc1ccc(-n2ccnc2)c(C(=O)NCCCC(C)(C)CO)c1. The molecule has 0 saturated heterocycles. The summed E-state index contributed by atoms with van der Waals surface area (Å²) in [5.41, 5.74) is 2.40. The van der Waals surface area contributed by atoms with Crippen LogP contribution in [0.25, 0.3) is 5.69 Å². The highest BCUT2D eigenvalue weighted by Gasteiger charge is 2.16. The van der Waals surface area contributed by atoms with Crippen LogP contribution in [-0.2, 0) is 0 Å². The Hall–Kier alpha value is -2.14. The first kappa shape index (κ1) is 17.2. The van der Waals surface area contributed by atoms with Crippen LogP contribution in [0.1, 0.15) is 42.6 Å². The third-order valence-corrected chi connectivity index (χ3v) is 3.92. The summed E-state index contributed by atoms with van der Waals surface area (Å²) < 4.78 is 1.84. The largest absolute Gasteiger partial charge is 0.396 e. The molecule has 1 aromatic carbocycles. The molecule has 2 aromatic rings. The summed E-state index contributed by atoms with van der Waals surface area (Å²) in [5, 5.41) is 12.2. The molecule has 1 heterocycles. The first-order valence-corrected chi connectivity index (χ1v) is 7.91. The number of rotatable bonds is 7. The van der Waals surface area contributed by atoms with E-state index >= 15 is 0 Å². The van der Waals surface area contributed by atoms with Crippen molar-refractivity contribution >= 4 is 5.91 Å². The van der Waals surface area contributed by atoms with Crippen molar-refractivity contribution in [1.82, 2.24) is 14.9 Å². The number of nitrogens with one attached hydrogen (secondary N) is 1. The van der Waals surface area contributed by atoms with Gasteiger partial charge in [0.2, 0.25) is 0 Å². The van der Waals surface area contributed by atoms with Gasteiger partial charge < -0.3 is 15.0 Å². The van der Waals surface area contributed by atoms with E-state index in [1.54, 1.807) is 12.5 Å². The number of aliphatic hydroxyl groups is 1. The summed E-state index contributed by atoms with van der Waals surface area (Å²) in [7, 11) is 0. The number of aliphatic hydroxyl groups excluding tert-OH is 1. The van der Waals surface area contributed by atoms with Gasteiger partial charge in [0, 0.05) is 25.5 Å². The monoisotopic (exact) mass is 315 g/mol. The maximum absolute atomic E-state index is 12.5. The average Bonchev–Trinajstić information content (AvgIpc) is 3.05. The predicted octanol–water partition coefficient (Wildman–Crippen LogP) is 2.71. The summed E-state index contributed by atoms with van der Waals surface area (Å²) in [5.74, 6) is -0.0841. The van der Waals surface area contributed by atoms with E-state index in [1.165, 1.54) is 0 Å². The number of carbonyl (C=O) groups is 1. The molecule has 0 spiro atoms. The van der Waals surface area contributed by atoms with Crippen molar-refractivity contribution in [2.45, 2.75) is 33.6 Å². The number of nitrogens with zero attached hydrogens (tertiary/aromatic N) is 2. The van der Waals surface area contributed by atoms with Crippen molar-refractivity contribution in [3.63, 3.8) is 0 Å². The number of hydrogen-bond donors (Lipinski definition) is 2. The molecule has 1 amide bonds. The van der Waals surface area contributed by atoms with Gasteiger partial charge in [0.1, 0.15) is 0 Å². The molecular formula is C18H25N3O2. The van der Waals surface area contributed by atoms with Gasteiger partial charge in [0.05, 0.1) is 17.6 Å². The molecule has 5 heteroatoms.